The number of aliphatic hydroxyl groups excluding tert-OH is 2. The van der Waals surface area contributed by atoms with Crippen LogP contribution in [0, 0.1) is 11.6 Å². The summed E-state index contributed by atoms with van der Waals surface area (Å²) in [4.78, 5) is 22.4. The van der Waals surface area contributed by atoms with Crippen LogP contribution in [0.3, 0.4) is 0 Å². The van der Waals surface area contributed by atoms with E-state index in [0.29, 0.717) is 0 Å². The minimum atomic E-state index is -1.11. The van der Waals surface area contributed by atoms with Gasteiger partial charge in [-0.05, 0) is 18.2 Å². The molecule has 0 bridgehead atoms. The molecule has 1 amide bonds. The van der Waals surface area contributed by atoms with Crippen molar-refractivity contribution < 1.29 is 28.5 Å². The van der Waals surface area contributed by atoms with Crippen LogP contribution in [0.25, 0.3) is 11.0 Å². The normalized spacial score (nSPS) is 21.3. The molecule has 1 fully saturated rings. The fourth-order valence-electron chi connectivity index (χ4n) is 3.39. The lowest BCUT2D eigenvalue weighted by Crippen LogP contribution is -2.51. The van der Waals surface area contributed by atoms with Gasteiger partial charge in [0.05, 0.1) is 24.6 Å². The maximum absolute atomic E-state index is 14.0. The molecule has 1 saturated heterocycles. The van der Waals surface area contributed by atoms with Gasteiger partial charge in [0.25, 0.3) is 5.91 Å². The Hall–Kier alpha value is -3.22. The number of H-pyrrole nitrogens is 1. The van der Waals surface area contributed by atoms with Crippen LogP contribution in [0.5, 0.6) is 0 Å². The van der Waals surface area contributed by atoms with Crippen LogP contribution in [-0.2, 0) is 11.3 Å². The average Bonchev–Trinajstić information content (AvgIpc) is 3.18. The minimum Gasteiger partial charge on any atom is -0.388 e. The molecular formula is C19H20F2N6O4. The topological polar surface area (TPSA) is 136 Å². The summed E-state index contributed by atoms with van der Waals surface area (Å²) in [6.07, 6.45) is -0.942. The number of nitrogens with zero attached hydrogens (tertiary/aromatic N) is 4. The number of aromatic amines is 1. The Kier molecular flexibility index (Phi) is 5.76. The van der Waals surface area contributed by atoms with Crippen molar-refractivity contribution in [2.75, 3.05) is 25.6 Å². The van der Waals surface area contributed by atoms with Crippen molar-refractivity contribution in [2.45, 2.75) is 24.8 Å². The first-order valence-corrected chi connectivity index (χ1v) is 9.44. The van der Waals surface area contributed by atoms with E-state index in [1.165, 1.54) is 18.3 Å². The number of hydrogen-bond donors (Lipinski definition) is 4. The summed E-state index contributed by atoms with van der Waals surface area (Å²) in [6, 6.07) is 2.34. The number of amides is 1. The van der Waals surface area contributed by atoms with Gasteiger partial charge in [-0.1, -0.05) is 0 Å². The average molecular weight is 434 g/mol. The number of fused-ring (bicyclic) bond motifs is 1. The molecule has 2 aromatic heterocycles. The molecule has 164 valence electrons. The first-order chi connectivity index (χ1) is 14.8. The largest absolute Gasteiger partial charge is 0.388 e. The van der Waals surface area contributed by atoms with Crippen LogP contribution in [0.2, 0.25) is 0 Å². The summed E-state index contributed by atoms with van der Waals surface area (Å²) < 4.78 is 32.7. The van der Waals surface area contributed by atoms with Crippen molar-refractivity contribution in [3.63, 3.8) is 0 Å². The van der Waals surface area contributed by atoms with Gasteiger partial charge in [0.2, 0.25) is 0 Å². The van der Waals surface area contributed by atoms with Gasteiger partial charge in [0.1, 0.15) is 41.7 Å². The maximum Gasteiger partial charge on any atom is 0.272 e. The number of benzene rings is 1. The van der Waals surface area contributed by atoms with E-state index in [0.717, 1.165) is 18.2 Å². The van der Waals surface area contributed by atoms with Gasteiger partial charge < -0.3 is 25.2 Å². The Morgan fingerprint density at radius 2 is 2.13 bits per heavy atom. The summed E-state index contributed by atoms with van der Waals surface area (Å²) >= 11 is 0. The number of ether oxygens (including phenoxy) is 1. The molecule has 1 aliphatic rings. The SMILES string of the molecule is CN(Cc1cc(F)ccc1F)C(=O)c1[nH]nc2ncnc(N[C@@H]3COC[C@@H](O)[C@H]3O)c12. The van der Waals surface area contributed by atoms with Gasteiger partial charge in [0, 0.05) is 19.2 Å². The van der Waals surface area contributed by atoms with Crippen molar-refractivity contribution in [3.8, 4) is 0 Å². The Morgan fingerprint density at radius 1 is 1.32 bits per heavy atom. The van der Waals surface area contributed by atoms with Crippen LogP contribution < -0.4 is 5.32 Å². The molecule has 12 heteroatoms. The third-order valence-corrected chi connectivity index (χ3v) is 5.04. The molecule has 10 nitrogen and oxygen atoms in total. The van der Waals surface area contributed by atoms with Gasteiger partial charge >= 0.3 is 0 Å². The van der Waals surface area contributed by atoms with Crippen molar-refractivity contribution in [1.29, 1.82) is 0 Å². The number of halogens is 2. The Morgan fingerprint density at radius 3 is 2.94 bits per heavy atom. The monoisotopic (exact) mass is 434 g/mol. The van der Waals surface area contributed by atoms with Gasteiger partial charge in [-0.2, -0.15) is 5.10 Å². The number of hydrogen-bond acceptors (Lipinski definition) is 8. The van der Waals surface area contributed by atoms with E-state index >= 15 is 0 Å². The zero-order chi connectivity index (χ0) is 22.1. The Bertz CT molecular complexity index is 1110. The van der Waals surface area contributed by atoms with E-state index < -0.39 is 35.8 Å². The molecule has 4 rings (SSSR count). The quantitative estimate of drug-likeness (QED) is 0.454. The van der Waals surface area contributed by atoms with E-state index in [1.807, 2.05) is 0 Å². The van der Waals surface area contributed by atoms with E-state index in [4.69, 9.17) is 4.74 Å². The van der Waals surface area contributed by atoms with Crippen LogP contribution in [-0.4, -0.2) is 79.7 Å². The first-order valence-electron chi connectivity index (χ1n) is 9.44. The molecule has 0 saturated carbocycles. The zero-order valence-corrected chi connectivity index (χ0v) is 16.4. The lowest BCUT2D eigenvalue weighted by atomic mass is 10.0. The number of anilines is 1. The summed E-state index contributed by atoms with van der Waals surface area (Å²) in [7, 11) is 1.44. The second kappa shape index (κ2) is 8.49. The number of carbonyl (C=O) groups is 1. The molecule has 0 unspecified atom stereocenters. The van der Waals surface area contributed by atoms with Crippen molar-refractivity contribution in [1.82, 2.24) is 25.1 Å². The van der Waals surface area contributed by atoms with Crippen LogP contribution in [0.15, 0.2) is 24.5 Å². The predicted molar refractivity (Wildman–Crippen MR) is 104 cm³/mol. The van der Waals surface area contributed by atoms with Gasteiger partial charge in [-0.3, -0.25) is 9.89 Å². The lowest BCUT2D eigenvalue weighted by Gasteiger charge is -2.32. The minimum absolute atomic E-state index is 0.00934. The highest BCUT2D eigenvalue weighted by Gasteiger charge is 2.32. The van der Waals surface area contributed by atoms with Gasteiger partial charge in [-0.15, -0.1) is 0 Å². The van der Waals surface area contributed by atoms with Crippen molar-refractivity contribution >= 4 is 22.8 Å². The van der Waals surface area contributed by atoms with Crippen LogP contribution >= 0.6 is 0 Å². The lowest BCUT2D eigenvalue weighted by molar-refractivity contribution is -0.0923. The number of nitrogens with one attached hydrogen (secondary N) is 2. The van der Waals surface area contributed by atoms with Crippen LogP contribution in [0.1, 0.15) is 16.1 Å². The number of rotatable bonds is 5. The molecule has 0 spiro atoms. The summed E-state index contributed by atoms with van der Waals surface area (Å²) in [6.45, 7) is -0.0558. The Balaban J connectivity index is 1.62. The third kappa shape index (κ3) is 4.17. The molecule has 3 aromatic rings. The summed E-state index contributed by atoms with van der Waals surface area (Å²) in [5.74, 6) is -1.59. The van der Waals surface area contributed by atoms with Gasteiger partial charge in [-0.25, -0.2) is 18.7 Å². The molecule has 1 aliphatic heterocycles. The molecule has 3 heterocycles. The highest BCUT2D eigenvalue weighted by atomic mass is 19.1. The van der Waals surface area contributed by atoms with Crippen molar-refractivity contribution in [2.24, 2.45) is 0 Å². The van der Waals surface area contributed by atoms with E-state index in [2.05, 4.69) is 25.5 Å². The summed E-state index contributed by atoms with van der Waals surface area (Å²) in [5, 5.41) is 29.8. The highest BCUT2D eigenvalue weighted by molar-refractivity contribution is 6.07. The molecule has 0 aliphatic carbocycles. The smallest absolute Gasteiger partial charge is 0.272 e. The van der Waals surface area contributed by atoms with E-state index in [1.54, 1.807) is 0 Å². The molecule has 31 heavy (non-hydrogen) atoms. The Labute approximate surface area is 174 Å². The fraction of sp³-hybridized carbons (Fsp3) is 0.368. The molecule has 1 aromatic carbocycles. The van der Waals surface area contributed by atoms with Crippen molar-refractivity contribution in [3.05, 3.63) is 47.4 Å². The van der Waals surface area contributed by atoms with E-state index in [-0.39, 0.29) is 47.9 Å². The third-order valence-electron chi connectivity index (χ3n) is 5.04. The van der Waals surface area contributed by atoms with E-state index in [9.17, 15) is 23.8 Å². The molecular weight excluding hydrogens is 414 g/mol. The predicted octanol–water partition coefficient (Wildman–Crippen LogP) is 0.436. The standard InChI is InChI=1S/C19H20F2N6O4/c1-27(5-9-4-10(20)2-3-11(9)21)19(30)15-14-17(22-8-23-18(14)26-25-15)24-12-6-31-7-13(28)16(12)29/h2-4,8,12-13,16,28-29H,5-7H2,1H3,(H2,22,23,24,25,26)/t12-,13-,16+/m1/s1. The molecule has 3 atom stereocenters. The van der Waals surface area contributed by atoms with Crippen LogP contribution in [0.4, 0.5) is 14.6 Å². The number of aromatic nitrogens is 4. The molecule has 0 radical (unpaired) electrons. The fourth-order valence-corrected chi connectivity index (χ4v) is 3.39. The second-order valence-electron chi connectivity index (χ2n) is 7.26. The van der Waals surface area contributed by atoms with Gasteiger partial charge in [0.15, 0.2) is 5.65 Å². The molecule has 4 N–H and O–H groups in total. The zero-order valence-electron chi connectivity index (χ0n) is 16.4. The maximum atomic E-state index is 14.0. The second-order valence-corrected chi connectivity index (χ2v) is 7.26. The first kappa shape index (κ1) is 21.0. The number of carbonyl (C=O) groups excluding carboxylic acids is 1. The highest BCUT2D eigenvalue weighted by Crippen LogP contribution is 2.25. The summed E-state index contributed by atoms with van der Waals surface area (Å²) in [5.41, 5.74) is 0.243. The number of aliphatic hydroxyl groups is 2.